The van der Waals surface area contributed by atoms with Crippen LogP contribution < -0.4 is 4.72 Å². The van der Waals surface area contributed by atoms with Crippen molar-refractivity contribution in [2.24, 2.45) is 0 Å². The smallest absolute Gasteiger partial charge is 0.303 e. The molecule has 18 heavy (non-hydrogen) atoms. The number of sulfonamides is 1. The Balaban J connectivity index is 2.64. The van der Waals surface area contributed by atoms with Crippen molar-refractivity contribution in [2.75, 3.05) is 10.5 Å². The van der Waals surface area contributed by atoms with Crippen LogP contribution >= 0.6 is 11.6 Å². The topological polar surface area (TPSA) is 83.5 Å². The maximum Gasteiger partial charge on any atom is 0.303 e. The highest BCUT2D eigenvalue weighted by Crippen LogP contribution is 2.20. The third-order valence-corrected chi connectivity index (χ3v) is 4.03. The van der Waals surface area contributed by atoms with Gasteiger partial charge in [0.2, 0.25) is 10.0 Å². The van der Waals surface area contributed by atoms with Crippen LogP contribution in [0.5, 0.6) is 0 Å². The molecule has 0 unspecified atom stereocenters. The average molecular weight is 292 g/mol. The Bertz CT molecular complexity index is 542. The van der Waals surface area contributed by atoms with Crippen LogP contribution in [0.25, 0.3) is 0 Å². The van der Waals surface area contributed by atoms with Gasteiger partial charge in [-0.2, -0.15) is 0 Å². The molecule has 0 atom stereocenters. The zero-order valence-corrected chi connectivity index (χ0v) is 11.4. The zero-order chi connectivity index (χ0) is 13.8. The monoisotopic (exact) mass is 291 g/mol. The van der Waals surface area contributed by atoms with Crippen molar-refractivity contribution in [1.82, 2.24) is 0 Å². The van der Waals surface area contributed by atoms with Crippen LogP contribution in [0.3, 0.4) is 0 Å². The van der Waals surface area contributed by atoms with Gasteiger partial charge >= 0.3 is 5.97 Å². The molecule has 0 radical (unpaired) electrons. The fraction of sp³-hybridized carbons (Fsp3) is 0.364. The summed E-state index contributed by atoms with van der Waals surface area (Å²) in [6, 6.07) is 4.83. The first-order chi connectivity index (χ1) is 8.30. The van der Waals surface area contributed by atoms with Gasteiger partial charge in [0.15, 0.2) is 0 Å². The number of carboxylic acids is 1. The number of hydrogen-bond acceptors (Lipinski definition) is 3. The molecule has 0 aliphatic carbocycles. The highest BCUT2D eigenvalue weighted by molar-refractivity contribution is 7.92. The van der Waals surface area contributed by atoms with Crippen molar-refractivity contribution in [3.8, 4) is 0 Å². The second-order valence-electron chi connectivity index (χ2n) is 3.88. The van der Waals surface area contributed by atoms with Crippen molar-refractivity contribution in [2.45, 2.75) is 19.8 Å². The van der Waals surface area contributed by atoms with Crippen molar-refractivity contribution in [3.05, 3.63) is 28.8 Å². The summed E-state index contributed by atoms with van der Waals surface area (Å²) in [5.74, 6) is -1.24. The second kappa shape index (κ2) is 6.06. The largest absolute Gasteiger partial charge is 0.481 e. The predicted molar refractivity (Wildman–Crippen MR) is 70.5 cm³/mol. The van der Waals surface area contributed by atoms with Crippen LogP contribution in [-0.4, -0.2) is 25.2 Å². The lowest BCUT2D eigenvalue weighted by Crippen LogP contribution is -2.17. The summed E-state index contributed by atoms with van der Waals surface area (Å²) in [5, 5.41) is 8.91. The minimum atomic E-state index is -3.53. The van der Waals surface area contributed by atoms with Crippen LogP contribution in [-0.2, 0) is 14.8 Å². The van der Waals surface area contributed by atoms with Crippen molar-refractivity contribution < 1.29 is 18.3 Å². The molecule has 0 amide bonds. The quantitative estimate of drug-likeness (QED) is 0.842. The molecule has 0 saturated heterocycles. The standard InChI is InChI=1S/C11H14ClNO4S/c1-8-4-5-9(7-10(8)12)13-18(16,17)6-2-3-11(14)15/h4-5,7,13H,2-3,6H2,1H3,(H,14,15). The lowest BCUT2D eigenvalue weighted by Gasteiger charge is -2.08. The van der Waals surface area contributed by atoms with Gasteiger partial charge in [0.1, 0.15) is 0 Å². The zero-order valence-electron chi connectivity index (χ0n) is 9.81. The molecule has 100 valence electrons. The molecule has 1 rings (SSSR count). The summed E-state index contributed by atoms with van der Waals surface area (Å²) < 4.78 is 25.6. The van der Waals surface area contributed by atoms with E-state index in [1.165, 1.54) is 6.07 Å². The van der Waals surface area contributed by atoms with Crippen molar-refractivity contribution in [3.63, 3.8) is 0 Å². The number of halogens is 1. The Kier molecular flexibility index (Phi) is 4.98. The first-order valence-corrected chi connectivity index (χ1v) is 7.31. The SMILES string of the molecule is Cc1ccc(NS(=O)(=O)CCCC(=O)O)cc1Cl. The van der Waals surface area contributed by atoms with Gasteiger partial charge in [-0.25, -0.2) is 8.42 Å². The van der Waals surface area contributed by atoms with E-state index in [1.807, 2.05) is 6.92 Å². The number of anilines is 1. The number of rotatable bonds is 6. The molecule has 2 N–H and O–H groups in total. The number of carbonyl (C=O) groups is 1. The van der Waals surface area contributed by atoms with E-state index in [-0.39, 0.29) is 18.6 Å². The number of benzene rings is 1. The van der Waals surface area contributed by atoms with E-state index < -0.39 is 16.0 Å². The molecule has 0 aromatic heterocycles. The van der Waals surface area contributed by atoms with Crippen LogP contribution in [0, 0.1) is 6.92 Å². The molecule has 0 heterocycles. The summed E-state index contributed by atoms with van der Waals surface area (Å²) in [6.45, 7) is 1.81. The summed E-state index contributed by atoms with van der Waals surface area (Å²) >= 11 is 5.88. The molecular formula is C11H14ClNO4S. The van der Waals surface area contributed by atoms with Crippen molar-refractivity contribution >= 4 is 33.3 Å². The molecule has 0 fully saturated rings. The molecule has 0 aliphatic rings. The highest BCUT2D eigenvalue weighted by Gasteiger charge is 2.11. The van der Waals surface area contributed by atoms with Gasteiger partial charge < -0.3 is 5.11 Å². The van der Waals surface area contributed by atoms with Gasteiger partial charge in [0.25, 0.3) is 0 Å². The van der Waals surface area contributed by atoms with Gasteiger partial charge in [0, 0.05) is 17.1 Å². The number of nitrogens with one attached hydrogen (secondary N) is 1. The second-order valence-corrected chi connectivity index (χ2v) is 6.13. The third kappa shape index (κ3) is 4.93. The van der Waals surface area contributed by atoms with E-state index in [9.17, 15) is 13.2 Å². The first-order valence-electron chi connectivity index (χ1n) is 5.28. The van der Waals surface area contributed by atoms with Crippen LogP contribution in [0.15, 0.2) is 18.2 Å². The number of aliphatic carboxylic acids is 1. The molecule has 1 aromatic rings. The van der Waals surface area contributed by atoms with E-state index in [0.717, 1.165) is 5.56 Å². The third-order valence-electron chi connectivity index (χ3n) is 2.25. The van der Waals surface area contributed by atoms with E-state index in [1.54, 1.807) is 12.1 Å². The van der Waals surface area contributed by atoms with Crippen LogP contribution in [0.2, 0.25) is 5.02 Å². The Hall–Kier alpha value is -1.27. The minimum Gasteiger partial charge on any atom is -0.481 e. The average Bonchev–Trinajstić information content (AvgIpc) is 2.22. The van der Waals surface area contributed by atoms with E-state index in [0.29, 0.717) is 10.7 Å². The lowest BCUT2D eigenvalue weighted by atomic mass is 10.2. The van der Waals surface area contributed by atoms with Gasteiger partial charge in [-0.1, -0.05) is 17.7 Å². The molecule has 0 bridgehead atoms. The minimum absolute atomic E-state index is 0.0737. The molecule has 5 nitrogen and oxygen atoms in total. The maximum atomic E-state index is 11.6. The molecular weight excluding hydrogens is 278 g/mol. The predicted octanol–water partition coefficient (Wildman–Crippen LogP) is 2.25. The summed E-state index contributed by atoms with van der Waals surface area (Å²) in [7, 11) is -3.53. The molecule has 0 saturated carbocycles. The van der Waals surface area contributed by atoms with E-state index in [4.69, 9.17) is 16.7 Å². The normalized spacial score (nSPS) is 11.2. The summed E-state index contributed by atoms with van der Waals surface area (Å²) in [4.78, 5) is 10.3. The molecule has 0 spiro atoms. The fourth-order valence-corrected chi connectivity index (χ4v) is 2.59. The van der Waals surface area contributed by atoms with Crippen molar-refractivity contribution in [1.29, 1.82) is 0 Å². The molecule has 0 aliphatic heterocycles. The Morgan fingerprint density at radius 3 is 2.67 bits per heavy atom. The number of carboxylic acid groups (broad SMARTS) is 1. The van der Waals surface area contributed by atoms with Gasteiger partial charge in [-0.3, -0.25) is 9.52 Å². The maximum absolute atomic E-state index is 11.6. The van der Waals surface area contributed by atoms with Crippen LogP contribution in [0.4, 0.5) is 5.69 Å². The Morgan fingerprint density at radius 2 is 2.11 bits per heavy atom. The molecule has 1 aromatic carbocycles. The Labute approximate surface area is 111 Å². The van der Waals surface area contributed by atoms with E-state index >= 15 is 0 Å². The summed E-state index contributed by atoms with van der Waals surface area (Å²) in [5.41, 5.74) is 1.23. The van der Waals surface area contributed by atoms with Gasteiger partial charge in [-0.15, -0.1) is 0 Å². The fourth-order valence-electron chi connectivity index (χ4n) is 1.30. The summed E-state index contributed by atoms with van der Waals surface area (Å²) in [6.07, 6.45) is -0.0974. The van der Waals surface area contributed by atoms with Gasteiger partial charge in [-0.05, 0) is 31.0 Å². The number of hydrogen-bond donors (Lipinski definition) is 2. The first kappa shape index (κ1) is 14.8. The lowest BCUT2D eigenvalue weighted by molar-refractivity contribution is -0.137. The van der Waals surface area contributed by atoms with Crippen LogP contribution in [0.1, 0.15) is 18.4 Å². The number of aryl methyl sites for hydroxylation is 1. The highest BCUT2D eigenvalue weighted by atomic mass is 35.5. The molecule has 7 heteroatoms. The van der Waals surface area contributed by atoms with E-state index in [2.05, 4.69) is 4.72 Å². The van der Waals surface area contributed by atoms with Gasteiger partial charge in [0.05, 0.1) is 5.75 Å². The Morgan fingerprint density at radius 1 is 1.44 bits per heavy atom.